The summed E-state index contributed by atoms with van der Waals surface area (Å²) in [6, 6.07) is 14.9. The molecule has 0 aromatic heterocycles. The normalized spacial score (nSPS) is 15.2. The van der Waals surface area contributed by atoms with Gasteiger partial charge >= 0.3 is 0 Å². The Morgan fingerprint density at radius 1 is 1.11 bits per heavy atom. The number of piperazine rings is 1. The number of hydrogen-bond donors (Lipinski definition) is 0. The Balaban J connectivity index is 1.61. The number of carbonyl (C=O) groups excluding carboxylic acids is 1. The van der Waals surface area contributed by atoms with Gasteiger partial charge in [0.05, 0.1) is 4.92 Å². The molecule has 1 saturated heterocycles. The van der Waals surface area contributed by atoms with Crippen LogP contribution in [0.3, 0.4) is 0 Å². The van der Waals surface area contributed by atoms with Crippen LogP contribution >= 0.6 is 0 Å². The Kier molecular flexibility index (Phi) is 5.98. The quantitative estimate of drug-likeness (QED) is 0.444. The first kappa shape index (κ1) is 18.8. The van der Waals surface area contributed by atoms with Crippen molar-refractivity contribution in [3.8, 4) is 0 Å². The van der Waals surface area contributed by atoms with Gasteiger partial charge in [-0.25, -0.2) is 0 Å². The maximum atomic E-state index is 11.5. The molecule has 0 unspecified atom stereocenters. The summed E-state index contributed by atoms with van der Waals surface area (Å²) in [5.41, 5.74) is 2.14. The molecule has 1 aliphatic rings. The highest BCUT2D eigenvalue weighted by Crippen LogP contribution is 2.30. The molecule has 0 atom stereocenters. The number of nitro groups is 1. The van der Waals surface area contributed by atoms with E-state index < -0.39 is 4.92 Å². The van der Waals surface area contributed by atoms with Crippen molar-refractivity contribution in [3.63, 3.8) is 0 Å². The molecular formula is C21H23N3O3. The summed E-state index contributed by atoms with van der Waals surface area (Å²) in [6.07, 6.45) is 4.26. The van der Waals surface area contributed by atoms with Gasteiger partial charge in [-0.1, -0.05) is 42.5 Å². The first-order valence-corrected chi connectivity index (χ1v) is 9.03. The molecule has 0 amide bonds. The molecule has 6 heteroatoms. The number of ketones is 1. The summed E-state index contributed by atoms with van der Waals surface area (Å²) < 4.78 is 0. The Morgan fingerprint density at radius 3 is 2.44 bits per heavy atom. The van der Waals surface area contributed by atoms with Gasteiger partial charge in [0.2, 0.25) is 0 Å². The average Bonchev–Trinajstić information content (AvgIpc) is 2.69. The molecule has 27 heavy (non-hydrogen) atoms. The molecule has 1 heterocycles. The number of nitro benzene ring substituents is 1. The number of carbonyl (C=O) groups is 1. The van der Waals surface area contributed by atoms with E-state index >= 15 is 0 Å². The molecule has 1 aliphatic heterocycles. The zero-order valence-corrected chi connectivity index (χ0v) is 15.4. The minimum Gasteiger partial charge on any atom is -0.363 e. The minimum atomic E-state index is -0.406. The van der Waals surface area contributed by atoms with Crippen LogP contribution in [0.4, 0.5) is 11.4 Å². The third kappa shape index (κ3) is 4.80. The Bertz CT molecular complexity index is 841. The van der Waals surface area contributed by atoms with Gasteiger partial charge in [0.15, 0.2) is 5.78 Å². The van der Waals surface area contributed by atoms with E-state index in [2.05, 4.69) is 29.2 Å². The van der Waals surface area contributed by atoms with Crippen molar-refractivity contribution >= 4 is 23.2 Å². The highest BCUT2D eigenvalue weighted by molar-refractivity contribution is 5.95. The van der Waals surface area contributed by atoms with Crippen LogP contribution in [0.1, 0.15) is 22.8 Å². The largest absolute Gasteiger partial charge is 0.363 e. The molecule has 2 aromatic rings. The Labute approximate surface area is 158 Å². The monoisotopic (exact) mass is 365 g/mol. The van der Waals surface area contributed by atoms with Crippen LogP contribution in [0, 0.1) is 10.1 Å². The van der Waals surface area contributed by atoms with E-state index in [1.165, 1.54) is 18.6 Å². The van der Waals surface area contributed by atoms with Crippen LogP contribution in [0.25, 0.3) is 6.08 Å². The molecule has 1 fully saturated rings. The van der Waals surface area contributed by atoms with Gasteiger partial charge < -0.3 is 4.90 Å². The molecule has 0 spiro atoms. The highest BCUT2D eigenvalue weighted by atomic mass is 16.6. The number of hydrogen-bond acceptors (Lipinski definition) is 5. The van der Waals surface area contributed by atoms with Crippen molar-refractivity contribution in [2.24, 2.45) is 0 Å². The molecule has 3 rings (SSSR count). The molecule has 6 nitrogen and oxygen atoms in total. The smallest absolute Gasteiger partial charge is 0.293 e. The van der Waals surface area contributed by atoms with Crippen LogP contribution in [-0.2, 0) is 0 Å². The fraction of sp³-hybridized carbons (Fsp3) is 0.286. The maximum Gasteiger partial charge on any atom is 0.293 e. The van der Waals surface area contributed by atoms with Gasteiger partial charge in [-0.05, 0) is 24.6 Å². The van der Waals surface area contributed by atoms with Crippen molar-refractivity contribution in [3.05, 3.63) is 75.8 Å². The first-order valence-electron chi connectivity index (χ1n) is 9.03. The van der Waals surface area contributed by atoms with E-state index in [-0.39, 0.29) is 11.5 Å². The van der Waals surface area contributed by atoms with E-state index in [9.17, 15) is 14.9 Å². The summed E-state index contributed by atoms with van der Waals surface area (Å²) in [5.74, 6) is -0.167. The highest BCUT2D eigenvalue weighted by Gasteiger charge is 2.24. The zero-order chi connectivity index (χ0) is 19.2. The fourth-order valence-corrected chi connectivity index (χ4v) is 3.23. The van der Waals surface area contributed by atoms with Gasteiger partial charge in [0.1, 0.15) is 5.69 Å². The second kappa shape index (κ2) is 8.60. The molecule has 0 aliphatic carbocycles. The molecule has 140 valence electrons. The predicted molar refractivity (Wildman–Crippen MR) is 107 cm³/mol. The van der Waals surface area contributed by atoms with Crippen LogP contribution in [0.5, 0.6) is 0 Å². The summed E-state index contributed by atoms with van der Waals surface area (Å²) in [5, 5.41) is 11.4. The molecule has 0 saturated carbocycles. The first-order chi connectivity index (χ1) is 13.0. The Hall–Kier alpha value is -2.99. The number of benzene rings is 2. The van der Waals surface area contributed by atoms with Crippen LogP contribution in [-0.4, -0.2) is 48.3 Å². The lowest BCUT2D eigenvalue weighted by atomic mass is 10.1. The van der Waals surface area contributed by atoms with Gasteiger partial charge in [0, 0.05) is 44.4 Å². The lowest BCUT2D eigenvalue weighted by Crippen LogP contribution is -2.46. The standard InChI is InChI=1S/C21H23N3O3/c1-17(25)19-9-10-20(21(16-19)24(26)27)23-14-12-22(13-15-23)11-5-8-18-6-3-2-4-7-18/h2-10,16H,11-15H2,1H3/b8-5+. The van der Waals surface area contributed by atoms with Gasteiger partial charge in [-0.2, -0.15) is 0 Å². The van der Waals surface area contributed by atoms with Crippen molar-refractivity contribution < 1.29 is 9.72 Å². The van der Waals surface area contributed by atoms with Crippen LogP contribution in [0.15, 0.2) is 54.6 Å². The average molecular weight is 365 g/mol. The van der Waals surface area contributed by atoms with E-state index in [4.69, 9.17) is 0 Å². The molecule has 0 radical (unpaired) electrons. The van der Waals surface area contributed by atoms with Crippen molar-refractivity contribution in [2.75, 3.05) is 37.6 Å². The molecule has 0 N–H and O–H groups in total. The van der Waals surface area contributed by atoms with E-state index in [0.29, 0.717) is 11.3 Å². The molecule has 0 bridgehead atoms. The second-order valence-electron chi connectivity index (χ2n) is 6.62. The number of Topliss-reactive ketones (excluding diaryl/α,β-unsaturated/α-hetero) is 1. The number of nitrogens with zero attached hydrogens (tertiary/aromatic N) is 3. The van der Waals surface area contributed by atoms with E-state index in [1.54, 1.807) is 12.1 Å². The van der Waals surface area contributed by atoms with Crippen LogP contribution in [0.2, 0.25) is 0 Å². The topological polar surface area (TPSA) is 66.7 Å². The maximum absolute atomic E-state index is 11.5. The fourth-order valence-electron chi connectivity index (χ4n) is 3.23. The molecular weight excluding hydrogens is 342 g/mol. The summed E-state index contributed by atoms with van der Waals surface area (Å²) in [6.45, 7) is 5.39. The summed E-state index contributed by atoms with van der Waals surface area (Å²) >= 11 is 0. The summed E-state index contributed by atoms with van der Waals surface area (Å²) in [4.78, 5) is 26.9. The van der Waals surface area contributed by atoms with E-state index in [0.717, 1.165) is 32.7 Å². The third-order valence-electron chi connectivity index (χ3n) is 4.77. The predicted octanol–water partition coefficient (Wildman–Crippen LogP) is 3.63. The number of rotatable bonds is 6. The van der Waals surface area contributed by atoms with Crippen molar-refractivity contribution in [2.45, 2.75) is 6.92 Å². The van der Waals surface area contributed by atoms with Gasteiger partial charge in [-0.15, -0.1) is 0 Å². The van der Waals surface area contributed by atoms with Crippen molar-refractivity contribution in [1.82, 2.24) is 4.90 Å². The third-order valence-corrected chi connectivity index (χ3v) is 4.77. The SMILES string of the molecule is CC(=O)c1ccc(N2CCN(C/C=C/c3ccccc3)CC2)c([N+](=O)[O-])c1. The molecule has 2 aromatic carbocycles. The van der Waals surface area contributed by atoms with Crippen LogP contribution < -0.4 is 4.90 Å². The number of anilines is 1. The second-order valence-corrected chi connectivity index (χ2v) is 6.62. The van der Waals surface area contributed by atoms with E-state index in [1.807, 2.05) is 23.1 Å². The summed E-state index contributed by atoms with van der Waals surface area (Å²) in [7, 11) is 0. The lowest BCUT2D eigenvalue weighted by molar-refractivity contribution is -0.384. The Morgan fingerprint density at radius 2 is 1.81 bits per heavy atom. The minimum absolute atomic E-state index is 0.000114. The zero-order valence-electron chi connectivity index (χ0n) is 15.4. The lowest BCUT2D eigenvalue weighted by Gasteiger charge is -2.35. The van der Waals surface area contributed by atoms with Crippen molar-refractivity contribution in [1.29, 1.82) is 0 Å². The van der Waals surface area contributed by atoms with Gasteiger partial charge in [-0.3, -0.25) is 19.8 Å². The van der Waals surface area contributed by atoms with Gasteiger partial charge in [0.25, 0.3) is 5.69 Å².